The van der Waals surface area contributed by atoms with E-state index < -0.39 is 65.4 Å². The summed E-state index contributed by atoms with van der Waals surface area (Å²) in [5.74, 6) is -3.27. The number of nitrogens with one attached hydrogen (secondary N) is 1. The summed E-state index contributed by atoms with van der Waals surface area (Å²) in [5.41, 5.74) is -0.0694. The van der Waals surface area contributed by atoms with Gasteiger partial charge in [-0.1, -0.05) is 72.3 Å². The molecule has 3 fully saturated rings. The van der Waals surface area contributed by atoms with Crippen LogP contribution in [0.2, 0.25) is 0 Å². The van der Waals surface area contributed by atoms with Crippen molar-refractivity contribution in [2.24, 2.45) is 17.8 Å². The molecule has 2 bridgehead atoms. The van der Waals surface area contributed by atoms with Gasteiger partial charge >= 0.3 is 5.97 Å². The summed E-state index contributed by atoms with van der Waals surface area (Å²) < 4.78 is 17.6. The number of nitrogens with zero attached hydrogens (tertiary/aromatic N) is 2. The molecule has 0 radical (unpaired) electrons. The van der Waals surface area contributed by atoms with E-state index in [0.717, 1.165) is 5.56 Å². The summed E-state index contributed by atoms with van der Waals surface area (Å²) >= 11 is 3.73. The molecular weight excluding hydrogens is 706 g/mol. The highest BCUT2D eigenvalue weighted by Gasteiger charge is 2.77. The van der Waals surface area contributed by atoms with Gasteiger partial charge in [0.05, 0.1) is 43.7 Å². The lowest BCUT2D eigenvalue weighted by atomic mass is 9.70. The molecule has 3 heterocycles. The largest absolute Gasteiger partial charge is 0.497 e. The number of amides is 3. The van der Waals surface area contributed by atoms with E-state index in [1.807, 2.05) is 44.2 Å². The Labute approximate surface area is 301 Å². The van der Waals surface area contributed by atoms with Crippen LogP contribution in [0.25, 0.3) is 0 Å². The number of aliphatic hydroxyl groups excluding tert-OH is 1. The van der Waals surface area contributed by atoms with Crippen LogP contribution in [-0.2, 0) is 28.7 Å². The van der Waals surface area contributed by atoms with Crippen molar-refractivity contribution in [3.63, 3.8) is 0 Å². The van der Waals surface area contributed by atoms with E-state index in [1.54, 1.807) is 48.4 Å². The molecule has 2 aromatic carbocycles. The first-order valence-electron chi connectivity index (χ1n) is 17.0. The first kappa shape index (κ1) is 37.3. The Bertz CT molecular complexity index is 1570. The van der Waals surface area contributed by atoms with Gasteiger partial charge in [0.15, 0.2) is 0 Å². The Kier molecular flexibility index (Phi) is 11.9. The maximum atomic E-state index is 14.9. The minimum absolute atomic E-state index is 0.114. The minimum atomic E-state index is -1.36. The van der Waals surface area contributed by atoms with Crippen LogP contribution in [0.4, 0.5) is 5.69 Å². The van der Waals surface area contributed by atoms with Crippen LogP contribution in [0.5, 0.6) is 5.75 Å². The number of alkyl halides is 1. The molecule has 11 nitrogen and oxygen atoms in total. The number of anilines is 1. The van der Waals surface area contributed by atoms with E-state index in [9.17, 15) is 24.3 Å². The van der Waals surface area contributed by atoms with Crippen LogP contribution in [0.15, 0.2) is 79.9 Å². The van der Waals surface area contributed by atoms with Crippen LogP contribution in [0, 0.1) is 17.8 Å². The Balaban J connectivity index is 1.52. The monoisotopic (exact) mass is 751 g/mol. The van der Waals surface area contributed by atoms with Gasteiger partial charge < -0.3 is 34.4 Å². The number of allylic oxidation sites excluding steroid dienone is 1. The zero-order valence-corrected chi connectivity index (χ0v) is 30.3. The van der Waals surface area contributed by atoms with Crippen LogP contribution in [0.3, 0.4) is 0 Å². The van der Waals surface area contributed by atoms with Gasteiger partial charge in [-0.15, -0.1) is 13.2 Å². The van der Waals surface area contributed by atoms with E-state index in [0.29, 0.717) is 24.3 Å². The van der Waals surface area contributed by atoms with Gasteiger partial charge in [-0.3, -0.25) is 19.2 Å². The van der Waals surface area contributed by atoms with Crippen LogP contribution >= 0.6 is 15.9 Å². The van der Waals surface area contributed by atoms with Crippen molar-refractivity contribution in [2.45, 2.75) is 67.8 Å². The number of methoxy groups -OCH3 is 1. The van der Waals surface area contributed by atoms with E-state index in [2.05, 4.69) is 34.4 Å². The number of fused-ring (bicyclic) bond motifs is 1. The second kappa shape index (κ2) is 15.9. The topological polar surface area (TPSA) is 135 Å². The number of carbonyl (C=O) groups is 4. The third-order valence-corrected chi connectivity index (χ3v) is 10.9. The summed E-state index contributed by atoms with van der Waals surface area (Å²) in [6, 6.07) is 13.6. The SMILES string of the molecule is C=CCCC(=O)OC[C@H](NC(=O)[C@H]1[C@@H]2O[C@@]3(CC2Br)[C@@H]1C(=O)N([C@@H](CO)C(C)C)[C@@H]3C(=O)N(CC=C)c1ccc(OC)cc1)c1ccccc1. The number of aliphatic hydroxyl groups is 1. The maximum absolute atomic E-state index is 14.9. The first-order chi connectivity index (χ1) is 24.0. The molecule has 2 N–H and O–H groups in total. The fourth-order valence-corrected chi connectivity index (χ4v) is 8.57. The average molecular weight is 753 g/mol. The number of esters is 1. The van der Waals surface area contributed by atoms with Crippen molar-refractivity contribution < 1.29 is 38.5 Å². The van der Waals surface area contributed by atoms with Gasteiger partial charge in [0.1, 0.15) is 24.0 Å². The van der Waals surface area contributed by atoms with Crippen molar-refractivity contribution in [3.05, 3.63) is 85.5 Å². The maximum Gasteiger partial charge on any atom is 0.306 e. The molecule has 8 atom stereocenters. The zero-order chi connectivity index (χ0) is 36.2. The predicted molar refractivity (Wildman–Crippen MR) is 192 cm³/mol. The molecule has 5 rings (SSSR count). The number of halogens is 1. The van der Waals surface area contributed by atoms with Gasteiger partial charge in [0.25, 0.3) is 5.91 Å². The number of rotatable bonds is 16. The Morgan fingerprint density at radius 3 is 2.44 bits per heavy atom. The van der Waals surface area contributed by atoms with E-state index in [-0.39, 0.29) is 36.9 Å². The highest BCUT2D eigenvalue weighted by Crippen LogP contribution is 2.61. The Hall–Kier alpha value is -4.00. The third kappa shape index (κ3) is 6.97. The summed E-state index contributed by atoms with van der Waals surface area (Å²) in [6.45, 7) is 10.9. The lowest BCUT2D eigenvalue weighted by Crippen LogP contribution is -2.60. The standard InChI is InChI=1S/C38H46BrN3O8/c1-6-8-14-30(44)49-22-28(24-12-10-9-11-13-24)40-35(45)31-32-36(46)42(29(21-43)23(3)4)34(38(32)20-27(39)33(31)50-38)37(47)41(19-7-2)25-15-17-26(48-5)18-16-25/h6-7,9-13,15-18,23,27-29,31-34,43H,1-2,8,14,19-22H2,3-5H3,(H,40,45)/t27?,28-,29-,31+,32-,33+,34+,38-/m0/s1. The first-order valence-corrected chi connectivity index (χ1v) is 17.9. The smallest absolute Gasteiger partial charge is 0.306 e. The molecule has 0 saturated carbocycles. The van der Waals surface area contributed by atoms with Gasteiger partial charge in [-0.25, -0.2) is 0 Å². The van der Waals surface area contributed by atoms with Gasteiger partial charge in [0.2, 0.25) is 11.8 Å². The fraction of sp³-hybridized carbons (Fsp3) is 0.474. The summed E-state index contributed by atoms with van der Waals surface area (Å²) in [6.07, 6.45) is 3.45. The number of hydrogen-bond donors (Lipinski definition) is 2. The number of ether oxygens (including phenoxy) is 3. The highest BCUT2D eigenvalue weighted by atomic mass is 79.9. The molecular formula is C38H46BrN3O8. The molecule has 1 spiro atoms. The van der Waals surface area contributed by atoms with Crippen LogP contribution in [0.1, 0.15) is 44.7 Å². The van der Waals surface area contributed by atoms with Crippen molar-refractivity contribution in [3.8, 4) is 5.75 Å². The summed E-state index contributed by atoms with van der Waals surface area (Å²) in [4.78, 5) is 59.2. The predicted octanol–water partition coefficient (Wildman–Crippen LogP) is 4.35. The third-order valence-electron chi connectivity index (χ3n) is 10.0. The fourth-order valence-electron chi connectivity index (χ4n) is 7.63. The van der Waals surface area contributed by atoms with Crippen LogP contribution < -0.4 is 15.0 Å². The quantitative estimate of drug-likeness (QED) is 0.147. The second-order valence-corrected chi connectivity index (χ2v) is 14.5. The molecule has 50 heavy (non-hydrogen) atoms. The molecule has 3 amide bonds. The normalized spacial score (nSPS) is 26.2. The van der Waals surface area contributed by atoms with Gasteiger partial charge in [-0.05, 0) is 48.6 Å². The minimum Gasteiger partial charge on any atom is -0.497 e. The number of carbonyl (C=O) groups excluding carboxylic acids is 4. The van der Waals surface area contributed by atoms with Gasteiger partial charge in [-0.2, -0.15) is 0 Å². The van der Waals surface area contributed by atoms with E-state index >= 15 is 0 Å². The van der Waals surface area contributed by atoms with E-state index in [1.165, 1.54) is 4.90 Å². The Morgan fingerprint density at radius 2 is 1.84 bits per heavy atom. The molecule has 3 aliphatic rings. The van der Waals surface area contributed by atoms with Crippen LogP contribution in [-0.4, -0.2) is 89.2 Å². The molecule has 2 aromatic rings. The number of hydrogen-bond acceptors (Lipinski definition) is 8. The number of likely N-dealkylation sites (tertiary alicyclic amines) is 1. The zero-order valence-electron chi connectivity index (χ0n) is 28.7. The van der Waals surface area contributed by atoms with Crippen molar-refractivity contribution >= 4 is 45.3 Å². The molecule has 268 valence electrons. The lowest BCUT2D eigenvalue weighted by molar-refractivity contribution is -0.147. The molecule has 1 unspecified atom stereocenters. The average Bonchev–Trinajstić information content (AvgIpc) is 3.71. The highest BCUT2D eigenvalue weighted by molar-refractivity contribution is 9.09. The summed E-state index contributed by atoms with van der Waals surface area (Å²) in [5, 5.41) is 13.7. The van der Waals surface area contributed by atoms with Crippen molar-refractivity contribution in [1.29, 1.82) is 0 Å². The Morgan fingerprint density at radius 1 is 1.14 bits per heavy atom. The molecule has 3 saturated heterocycles. The van der Waals surface area contributed by atoms with Crippen molar-refractivity contribution in [2.75, 3.05) is 31.8 Å². The summed E-state index contributed by atoms with van der Waals surface area (Å²) in [7, 11) is 1.56. The molecule has 0 aliphatic carbocycles. The van der Waals surface area contributed by atoms with Crippen molar-refractivity contribution in [1.82, 2.24) is 10.2 Å². The molecule has 12 heteroatoms. The van der Waals surface area contributed by atoms with Gasteiger partial charge in [0, 0.05) is 23.5 Å². The molecule has 0 aromatic heterocycles. The van der Waals surface area contributed by atoms with E-state index in [4.69, 9.17) is 14.2 Å². The lowest BCUT2D eigenvalue weighted by Gasteiger charge is -2.40. The number of benzene rings is 2. The molecule has 3 aliphatic heterocycles. The second-order valence-electron chi connectivity index (χ2n) is 13.3.